The fourth-order valence-electron chi connectivity index (χ4n) is 4.96. The van der Waals surface area contributed by atoms with Gasteiger partial charge in [0.2, 0.25) is 11.7 Å². The molecular formula is C25H19F6N7O2. The summed E-state index contributed by atoms with van der Waals surface area (Å²) in [6, 6.07) is 6.21. The number of alkyl halides is 6. The Morgan fingerprint density at radius 2 is 1.77 bits per heavy atom. The van der Waals surface area contributed by atoms with Crippen molar-refractivity contribution in [2.75, 3.05) is 14.2 Å². The molecule has 0 spiro atoms. The van der Waals surface area contributed by atoms with Crippen LogP contribution in [-0.4, -0.2) is 54.5 Å². The lowest BCUT2D eigenvalue weighted by Crippen LogP contribution is -2.23. The van der Waals surface area contributed by atoms with Gasteiger partial charge >= 0.3 is 18.4 Å². The van der Waals surface area contributed by atoms with E-state index < -0.39 is 24.7 Å². The summed E-state index contributed by atoms with van der Waals surface area (Å²) in [5.74, 6) is -1.63. The molecule has 0 saturated heterocycles. The Morgan fingerprint density at radius 1 is 0.975 bits per heavy atom. The molecule has 4 aromatic heterocycles. The predicted molar refractivity (Wildman–Crippen MR) is 128 cm³/mol. The van der Waals surface area contributed by atoms with E-state index >= 15 is 0 Å². The minimum atomic E-state index is -5.04. The molecule has 1 fully saturated rings. The van der Waals surface area contributed by atoms with Crippen molar-refractivity contribution in [3.8, 4) is 23.1 Å². The largest absolute Gasteiger partial charge is 0.480 e. The first-order valence-corrected chi connectivity index (χ1v) is 11.9. The van der Waals surface area contributed by atoms with E-state index in [2.05, 4.69) is 25.0 Å². The number of hydrogen-bond donors (Lipinski definition) is 0. The summed E-state index contributed by atoms with van der Waals surface area (Å²) < 4.78 is 92.4. The molecule has 0 bridgehead atoms. The van der Waals surface area contributed by atoms with E-state index in [4.69, 9.17) is 9.47 Å². The number of halogens is 6. The molecule has 1 aromatic carbocycles. The second-order valence-corrected chi connectivity index (χ2v) is 9.29. The van der Waals surface area contributed by atoms with Crippen LogP contribution >= 0.6 is 0 Å². The molecule has 0 amide bonds. The highest BCUT2D eigenvalue weighted by Gasteiger charge is 2.43. The van der Waals surface area contributed by atoms with Crippen LogP contribution in [0.15, 0.2) is 42.9 Å². The van der Waals surface area contributed by atoms with Gasteiger partial charge in [-0.05, 0) is 42.0 Å². The van der Waals surface area contributed by atoms with Crippen molar-refractivity contribution in [3.05, 3.63) is 59.8 Å². The summed E-state index contributed by atoms with van der Waals surface area (Å²) in [4.78, 5) is 16.2. The predicted octanol–water partition coefficient (Wildman–Crippen LogP) is 5.41. The lowest BCUT2D eigenvalue weighted by Gasteiger charge is -2.14. The molecule has 4 heterocycles. The highest BCUT2D eigenvalue weighted by Crippen LogP contribution is 2.56. The molecule has 2 atom stereocenters. The average Bonchev–Trinajstić information content (AvgIpc) is 3.41. The zero-order chi connectivity index (χ0) is 28.4. The molecule has 5 aromatic rings. The van der Waals surface area contributed by atoms with E-state index in [-0.39, 0.29) is 39.3 Å². The molecular weight excluding hydrogens is 544 g/mol. The molecule has 1 aliphatic rings. The van der Waals surface area contributed by atoms with Crippen molar-refractivity contribution < 1.29 is 35.8 Å². The number of ether oxygens (including phenoxy) is 2. The van der Waals surface area contributed by atoms with Gasteiger partial charge < -0.3 is 14.0 Å². The van der Waals surface area contributed by atoms with Gasteiger partial charge in [-0.15, -0.1) is 0 Å². The quantitative estimate of drug-likeness (QED) is 0.255. The fraction of sp³-hybridized carbons (Fsp3) is 0.320. The van der Waals surface area contributed by atoms with Crippen LogP contribution < -0.4 is 9.47 Å². The molecule has 1 aliphatic carbocycles. The van der Waals surface area contributed by atoms with Gasteiger partial charge in [-0.1, -0.05) is 6.07 Å². The van der Waals surface area contributed by atoms with Crippen LogP contribution in [0.25, 0.3) is 27.9 Å². The number of rotatable bonds is 6. The Kier molecular flexibility index (Phi) is 5.85. The summed E-state index contributed by atoms with van der Waals surface area (Å²) in [6.45, 7) is -1.80. The molecule has 15 heteroatoms. The lowest BCUT2D eigenvalue weighted by molar-refractivity contribution is -0.160. The van der Waals surface area contributed by atoms with E-state index in [1.807, 2.05) is 6.07 Å². The SMILES string of the molecule is COc1ncc(-c2cc([C@H]3C[C@@H]3c3ccc4nc(C(F)(F)F)n(CC(F)(F)F)c4c3)c3nccn3n2)c(OC)n1. The van der Waals surface area contributed by atoms with Crippen molar-refractivity contribution in [1.82, 2.24) is 34.1 Å². The van der Waals surface area contributed by atoms with Gasteiger partial charge in [0.05, 0.1) is 36.5 Å². The van der Waals surface area contributed by atoms with Crippen LogP contribution in [-0.2, 0) is 12.7 Å². The summed E-state index contributed by atoms with van der Waals surface area (Å²) in [5.41, 5.74) is 2.57. The average molecular weight is 563 g/mol. The number of nitrogens with zero attached hydrogens (tertiary/aromatic N) is 7. The standard InChI is InChI=1S/C25H19F6N7O2/c1-39-21-16(10-33-23(35-21)40-2)18-9-15(20-32-5-6-38(20)36-18)14-8-13(14)12-3-4-17-19(7-12)37(11-24(26,27)28)22(34-17)25(29,30)31/h3-7,9-10,13-14H,8,11H2,1-2H3/t13-,14+/m1/s1. The molecule has 0 aliphatic heterocycles. The van der Waals surface area contributed by atoms with Crippen molar-refractivity contribution in [2.45, 2.75) is 37.2 Å². The Bertz CT molecular complexity index is 1740. The number of benzene rings is 1. The summed E-state index contributed by atoms with van der Waals surface area (Å²) >= 11 is 0. The Labute approximate surface area is 221 Å². The van der Waals surface area contributed by atoms with Crippen molar-refractivity contribution in [1.29, 1.82) is 0 Å². The van der Waals surface area contributed by atoms with Crippen LogP contribution in [0.2, 0.25) is 0 Å². The molecule has 208 valence electrons. The van der Waals surface area contributed by atoms with Crippen LogP contribution in [0.5, 0.6) is 11.9 Å². The van der Waals surface area contributed by atoms with E-state index in [1.54, 1.807) is 23.0 Å². The maximum atomic E-state index is 13.5. The molecule has 40 heavy (non-hydrogen) atoms. The van der Waals surface area contributed by atoms with Gasteiger partial charge in [-0.3, -0.25) is 0 Å². The number of imidazole rings is 2. The Balaban J connectivity index is 1.40. The summed E-state index contributed by atoms with van der Waals surface area (Å²) in [5, 5.41) is 4.58. The Hall–Kier alpha value is -4.43. The maximum absolute atomic E-state index is 13.5. The second-order valence-electron chi connectivity index (χ2n) is 9.29. The van der Waals surface area contributed by atoms with Crippen LogP contribution in [0, 0.1) is 0 Å². The highest BCUT2D eigenvalue weighted by atomic mass is 19.4. The molecule has 9 nitrogen and oxygen atoms in total. The molecule has 0 unspecified atom stereocenters. The molecule has 6 rings (SSSR count). The monoisotopic (exact) mass is 563 g/mol. The Morgan fingerprint density at radius 3 is 2.48 bits per heavy atom. The van der Waals surface area contributed by atoms with Crippen molar-refractivity contribution in [3.63, 3.8) is 0 Å². The minimum absolute atomic E-state index is 0.112. The van der Waals surface area contributed by atoms with Gasteiger partial charge in [-0.2, -0.15) is 36.4 Å². The third-order valence-electron chi connectivity index (χ3n) is 6.75. The van der Waals surface area contributed by atoms with E-state index in [9.17, 15) is 26.3 Å². The summed E-state index contributed by atoms with van der Waals surface area (Å²) in [7, 11) is 2.87. The minimum Gasteiger partial charge on any atom is -0.480 e. The molecule has 0 N–H and O–H groups in total. The zero-order valence-corrected chi connectivity index (χ0v) is 20.8. The first-order chi connectivity index (χ1) is 19.0. The normalized spacial score (nSPS) is 17.5. The van der Waals surface area contributed by atoms with Gasteiger partial charge in [0.15, 0.2) is 5.65 Å². The number of fused-ring (bicyclic) bond motifs is 2. The summed E-state index contributed by atoms with van der Waals surface area (Å²) in [6.07, 6.45) is -4.55. The van der Waals surface area contributed by atoms with Crippen molar-refractivity contribution >= 4 is 16.7 Å². The third-order valence-corrected chi connectivity index (χ3v) is 6.75. The smallest absolute Gasteiger partial charge is 0.449 e. The van der Waals surface area contributed by atoms with Crippen LogP contribution in [0.1, 0.15) is 35.2 Å². The highest BCUT2D eigenvalue weighted by molar-refractivity contribution is 5.78. The zero-order valence-electron chi connectivity index (χ0n) is 20.8. The van der Waals surface area contributed by atoms with Gasteiger partial charge in [0.25, 0.3) is 0 Å². The van der Waals surface area contributed by atoms with E-state index in [0.717, 1.165) is 5.56 Å². The molecule has 1 saturated carbocycles. The first kappa shape index (κ1) is 25.8. The number of hydrogen-bond acceptors (Lipinski definition) is 7. The van der Waals surface area contributed by atoms with E-state index in [0.29, 0.717) is 28.9 Å². The van der Waals surface area contributed by atoms with Crippen molar-refractivity contribution in [2.24, 2.45) is 0 Å². The number of aromatic nitrogens is 7. The maximum Gasteiger partial charge on any atom is 0.449 e. The fourth-order valence-corrected chi connectivity index (χ4v) is 4.96. The van der Waals surface area contributed by atoms with Crippen LogP contribution in [0.4, 0.5) is 26.3 Å². The van der Waals surface area contributed by atoms with Gasteiger partial charge in [0.1, 0.15) is 6.54 Å². The topological polar surface area (TPSA) is 92.3 Å². The second kappa shape index (κ2) is 9.06. The van der Waals surface area contributed by atoms with Crippen LogP contribution in [0.3, 0.4) is 0 Å². The van der Waals surface area contributed by atoms with Gasteiger partial charge in [-0.25, -0.2) is 19.5 Å². The first-order valence-electron chi connectivity index (χ1n) is 11.9. The molecule has 0 radical (unpaired) electrons. The third kappa shape index (κ3) is 4.54. The van der Waals surface area contributed by atoms with Gasteiger partial charge in [0, 0.05) is 24.2 Å². The van der Waals surface area contributed by atoms with E-state index in [1.165, 1.54) is 32.5 Å². The number of methoxy groups -OCH3 is 2. The lowest BCUT2D eigenvalue weighted by atomic mass is 10.0.